The van der Waals surface area contributed by atoms with E-state index in [9.17, 15) is 9.59 Å². The highest BCUT2D eigenvalue weighted by Gasteiger charge is 2.60. The molecule has 0 heterocycles. The van der Waals surface area contributed by atoms with Crippen LogP contribution in [0.5, 0.6) is 0 Å². The Labute approximate surface area is 158 Å². The number of hydrogen-bond acceptors (Lipinski definition) is 3. The van der Waals surface area contributed by atoms with E-state index in [0.717, 1.165) is 37.0 Å². The molecule has 0 bridgehead atoms. The summed E-state index contributed by atoms with van der Waals surface area (Å²) < 4.78 is 5.57. The molecule has 0 unspecified atom stereocenters. The van der Waals surface area contributed by atoms with Crippen molar-refractivity contribution in [3.05, 3.63) is 0 Å². The summed E-state index contributed by atoms with van der Waals surface area (Å²) in [5, 5.41) is 0. The van der Waals surface area contributed by atoms with Crippen LogP contribution in [0.1, 0.15) is 85.5 Å². The zero-order valence-electron chi connectivity index (χ0n) is 17.1. The van der Waals surface area contributed by atoms with Gasteiger partial charge in [-0.2, -0.15) is 0 Å². The third-order valence-electron chi connectivity index (χ3n) is 9.44. The van der Waals surface area contributed by atoms with E-state index in [-0.39, 0.29) is 17.5 Å². The lowest BCUT2D eigenvalue weighted by molar-refractivity contribution is -0.161. The van der Waals surface area contributed by atoms with Crippen molar-refractivity contribution >= 4 is 11.8 Å². The van der Waals surface area contributed by atoms with Crippen molar-refractivity contribution in [2.24, 2.45) is 40.4 Å². The molecule has 0 aliphatic heterocycles. The molecule has 0 radical (unpaired) electrons. The molecule has 0 aromatic heterocycles. The molecule has 0 saturated heterocycles. The average molecular weight is 361 g/mol. The normalized spacial score (nSPS) is 50.3. The first-order valence-corrected chi connectivity index (χ1v) is 10.9. The summed E-state index contributed by atoms with van der Waals surface area (Å²) in [6, 6.07) is 0. The van der Waals surface area contributed by atoms with Gasteiger partial charge >= 0.3 is 5.97 Å². The maximum absolute atomic E-state index is 12.2. The van der Waals surface area contributed by atoms with Gasteiger partial charge in [0.1, 0.15) is 11.9 Å². The fourth-order valence-electron chi connectivity index (χ4n) is 8.23. The summed E-state index contributed by atoms with van der Waals surface area (Å²) in [4.78, 5) is 23.6. The van der Waals surface area contributed by atoms with E-state index in [1.165, 1.54) is 45.4 Å². The Morgan fingerprint density at radius 1 is 0.846 bits per heavy atom. The minimum atomic E-state index is -0.123. The molecule has 3 nitrogen and oxygen atoms in total. The lowest BCUT2D eigenvalue weighted by Gasteiger charge is -2.61. The molecule has 0 spiro atoms. The zero-order chi connectivity index (χ0) is 18.7. The van der Waals surface area contributed by atoms with Gasteiger partial charge in [0.15, 0.2) is 0 Å². The van der Waals surface area contributed by atoms with Crippen LogP contribution in [0.25, 0.3) is 0 Å². The number of esters is 1. The summed E-state index contributed by atoms with van der Waals surface area (Å²) >= 11 is 0. The standard InChI is InChI=1S/C23H36O3/c1-14(24)19-7-8-20-18-6-5-16-13-17(26-15(2)25)9-11-22(16,3)21(18)10-12-23(19,20)4/h16-21H,5-13H2,1-4H3/t16-,17-,18-,19-,20-,21-,22-,23+/m0/s1. The van der Waals surface area contributed by atoms with E-state index in [0.29, 0.717) is 23.0 Å². The molecule has 0 aromatic carbocycles. The van der Waals surface area contributed by atoms with E-state index in [1.54, 1.807) is 0 Å². The van der Waals surface area contributed by atoms with Crippen molar-refractivity contribution in [1.29, 1.82) is 0 Å². The third kappa shape index (κ3) is 2.67. The van der Waals surface area contributed by atoms with Gasteiger partial charge in [0.2, 0.25) is 0 Å². The first-order valence-electron chi connectivity index (χ1n) is 10.9. The maximum atomic E-state index is 12.2. The highest BCUT2D eigenvalue weighted by Crippen LogP contribution is 2.67. The molecule has 26 heavy (non-hydrogen) atoms. The number of carbonyl (C=O) groups excluding carboxylic acids is 2. The summed E-state index contributed by atoms with van der Waals surface area (Å²) in [6.07, 6.45) is 11.0. The molecular weight excluding hydrogens is 324 g/mol. The first-order chi connectivity index (χ1) is 12.3. The van der Waals surface area contributed by atoms with Crippen molar-refractivity contribution < 1.29 is 14.3 Å². The van der Waals surface area contributed by atoms with Crippen molar-refractivity contribution in [3.63, 3.8) is 0 Å². The Hall–Kier alpha value is -0.860. The average Bonchev–Trinajstić information content (AvgIpc) is 2.92. The van der Waals surface area contributed by atoms with E-state index in [4.69, 9.17) is 4.74 Å². The van der Waals surface area contributed by atoms with Crippen molar-refractivity contribution in [2.45, 2.75) is 91.6 Å². The quantitative estimate of drug-likeness (QED) is 0.638. The predicted molar refractivity (Wildman–Crippen MR) is 101 cm³/mol. The molecule has 4 aliphatic carbocycles. The molecule has 4 aliphatic rings. The van der Waals surface area contributed by atoms with Gasteiger partial charge in [0, 0.05) is 12.8 Å². The van der Waals surface area contributed by atoms with Crippen LogP contribution in [0.4, 0.5) is 0 Å². The zero-order valence-corrected chi connectivity index (χ0v) is 17.1. The second-order valence-electron chi connectivity index (χ2n) is 10.4. The van der Waals surface area contributed by atoms with Crippen LogP contribution in [-0.4, -0.2) is 17.9 Å². The van der Waals surface area contributed by atoms with Gasteiger partial charge in [-0.3, -0.25) is 9.59 Å². The van der Waals surface area contributed by atoms with Gasteiger partial charge in [-0.1, -0.05) is 13.8 Å². The predicted octanol–water partition coefficient (Wildman–Crippen LogP) is 5.17. The maximum Gasteiger partial charge on any atom is 0.302 e. The number of ketones is 1. The number of hydrogen-bond donors (Lipinski definition) is 0. The van der Waals surface area contributed by atoms with Crippen LogP contribution in [0, 0.1) is 40.4 Å². The monoisotopic (exact) mass is 360 g/mol. The molecule has 4 saturated carbocycles. The lowest BCUT2D eigenvalue weighted by Crippen LogP contribution is -2.54. The first kappa shape index (κ1) is 18.5. The molecule has 0 amide bonds. The number of fused-ring (bicyclic) bond motifs is 5. The molecule has 4 fully saturated rings. The summed E-state index contributed by atoms with van der Waals surface area (Å²) in [5.74, 6) is 3.68. The Morgan fingerprint density at radius 3 is 2.23 bits per heavy atom. The largest absolute Gasteiger partial charge is 0.463 e. The molecule has 0 N–H and O–H groups in total. The topological polar surface area (TPSA) is 43.4 Å². The van der Waals surface area contributed by atoms with Crippen LogP contribution in [-0.2, 0) is 14.3 Å². The summed E-state index contributed by atoms with van der Waals surface area (Å²) in [5.41, 5.74) is 0.667. The van der Waals surface area contributed by atoms with Gasteiger partial charge in [-0.25, -0.2) is 0 Å². The SMILES string of the molecule is CC(=O)O[C@H]1CC[C@@]2(C)[C@@H](CC[C@@H]3[C@@H]2CC[C@]2(C)[C@H](C(C)=O)CC[C@@H]32)C1. The van der Waals surface area contributed by atoms with Crippen LogP contribution in [0.3, 0.4) is 0 Å². The Balaban J connectivity index is 1.54. The Morgan fingerprint density at radius 2 is 1.54 bits per heavy atom. The molecular formula is C23H36O3. The fraction of sp³-hybridized carbons (Fsp3) is 0.913. The molecule has 146 valence electrons. The third-order valence-corrected chi connectivity index (χ3v) is 9.44. The van der Waals surface area contributed by atoms with Crippen LogP contribution >= 0.6 is 0 Å². The number of carbonyl (C=O) groups is 2. The van der Waals surface area contributed by atoms with Gasteiger partial charge in [0.05, 0.1) is 0 Å². The van der Waals surface area contributed by atoms with E-state index < -0.39 is 0 Å². The van der Waals surface area contributed by atoms with E-state index >= 15 is 0 Å². The summed E-state index contributed by atoms with van der Waals surface area (Å²) in [7, 11) is 0. The fourth-order valence-corrected chi connectivity index (χ4v) is 8.23. The van der Waals surface area contributed by atoms with E-state index in [1.807, 2.05) is 6.92 Å². The van der Waals surface area contributed by atoms with Crippen molar-refractivity contribution in [1.82, 2.24) is 0 Å². The Bertz CT molecular complexity index is 598. The van der Waals surface area contributed by atoms with Crippen LogP contribution in [0.2, 0.25) is 0 Å². The second kappa shape index (κ2) is 6.34. The Kier molecular flexibility index (Phi) is 4.51. The smallest absolute Gasteiger partial charge is 0.302 e. The number of ether oxygens (including phenoxy) is 1. The van der Waals surface area contributed by atoms with E-state index in [2.05, 4.69) is 13.8 Å². The minimum Gasteiger partial charge on any atom is -0.463 e. The van der Waals surface area contributed by atoms with Crippen LogP contribution < -0.4 is 0 Å². The number of rotatable bonds is 2. The van der Waals surface area contributed by atoms with Gasteiger partial charge in [-0.15, -0.1) is 0 Å². The number of Topliss-reactive ketones (excluding diaryl/α,β-unsaturated/α-hetero) is 1. The minimum absolute atomic E-state index is 0.123. The summed E-state index contributed by atoms with van der Waals surface area (Å²) in [6.45, 7) is 8.33. The van der Waals surface area contributed by atoms with Gasteiger partial charge in [-0.05, 0) is 99.2 Å². The molecule has 4 rings (SSSR count). The van der Waals surface area contributed by atoms with Crippen LogP contribution in [0.15, 0.2) is 0 Å². The highest BCUT2D eigenvalue weighted by molar-refractivity contribution is 5.79. The van der Waals surface area contributed by atoms with Crippen molar-refractivity contribution in [3.8, 4) is 0 Å². The van der Waals surface area contributed by atoms with Crippen molar-refractivity contribution in [2.75, 3.05) is 0 Å². The highest BCUT2D eigenvalue weighted by atomic mass is 16.5. The molecule has 3 heteroatoms. The molecule has 0 aromatic rings. The second-order valence-corrected chi connectivity index (χ2v) is 10.4. The van der Waals surface area contributed by atoms with Gasteiger partial charge < -0.3 is 4.74 Å². The van der Waals surface area contributed by atoms with Gasteiger partial charge in [0.25, 0.3) is 0 Å². The molecule has 8 atom stereocenters. The lowest BCUT2D eigenvalue weighted by atomic mass is 9.44.